The number of amides is 1. The summed E-state index contributed by atoms with van der Waals surface area (Å²) in [5.74, 6) is 0.891. The summed E-state index contributed by atoms with van der Waals surface area (Å²) in [6.45, 7) is 6.44. The van der Waals surface area contributed by atoms with E-state index in [4.69, 9.17) is 23.2 Å². The molecule has 2 aromatic carbocycles. The highest BCUT2D eigenvalue weighted by molar-refractivity contribution is 6.30. The highest BCUT2D eigenvalue weighted by atomic mass is 35.5. The molecule has 0 spiro atoms. The summed E-state index contributed by atoms with van der Waals surface area (Å²) in [5.41, 5.74) is 3.38. The van der Waals surface area contributed by atoms with E-state index < -0.39 is 5.41 Å². The molecule has 1 N–H and O–H groups in total. The van der Waals surface area contributed by atoms with Crippen molar-refractivity contribution in [2.75, 3.05) is 7.05 Å². The van der Waals surface area contributed by atoms with Crippen LogP contribution in [0.3, 0.4) is 0 Å². The van der Waals surface area contributed by atoms with E-state index in [1.807, 2.05) is 24.3 Å². The summed E-state index contributed by atoms with van der Waals surface area (Å²) in [6, 6.07) is 14.3. The molecule has 0 heterocycles. The fraction of sp³-hybridized carbons (Fsp3) is 0.435. The second-order valence-corrected chi connectivity index (χ2v) is 8.88. The van der Waals surface area contributed by atoms with Crippen LogP contribution in [-0.4, -0.2) is 13.0 Å². The molecule has 1 saturated carbocycles. The Labute approximate surface area is 172 Å². The van der Waals surface area contributed by atoms with Gasteiger partial charge in [-0.25, -0.2) is 0 Å². The van der Waals surface area contributed by atoms with Crippen LogP contribution in [0.15, 0.2) is 42.5 Å². The molecular formula is C23H27Cl2NO. The number of hydrogen-bond acceptors (Lipinski definition) is 1. The van der Waals surface area contributed by atoms with Crippen molar-refractivity contribution in [2.24, 2.45) is 11.3 Å². The van der Waals surface area contributed by atoms with Gasteiger partial charge in [-0.15, -0.1) is 0 Å². The van der Waals surface area contributed by atoms with E-state index in [0.29, 0.717) is 5.92 Å². The maximum Gasteiger partial charge on any atom is 0.225 e. The third kappa shape index (κ3) is 3.75. The molecule has 0 bridgehead atoms. The summed E-state index contributed by atoms with van der Waals surface area (Å²) in [7, 11) is 1.73. The first-order valence-electron chi connectivity index (χ1n) is 9.51. The van der Waals surface area contributed by atoms with Crippen LogP contribution >= 0.6 is 23.2 Å². The normalized spacial score (nSPS) is 28.0. The number of hydrogen-bond donors (Lipinski definition) is 1. The van der Waals surface area contributed by atoms with E-state index in [1.54, 1.807) is 7.05 Å². The Morgan fingerprint density at radius 3 is 2.33 bits per heavy atom. The first-order valence-corrected chi connectivity index (χ1v) is 10.3. The number of carbonyl (C=O) groups is 1. The second-order valence-electron chi connectivity index (χ2n) is 8.01. The molecule has 0 unspecified atom stereocenters. The predicted molar refractivity (Wildman–Crippen MR) is 114 cm³/mol. The third-order valence-electron chi connectivity index (χ3n) is 6.58. The Kier molecular flexibility index (Phi) is 5.88. The molecule has 27 heavy (non-hydrogen) atoms. The molecule has 3 rings (SSSR count). The Morgan fingerprint density at radius 2 is 1.74 bits per heavy atom. The van der Waals surface area contributed by atoms with Crippen molar-refractivity contribution in [3.63, 3.8) is 0 Å². The van der Waals surface area contributed by atoms with E-state index >= 15 is 0 Å². The topological polar surface area (TPSA) is 29.1 Å². The van der Waals surface area contributed by atoms with Crippen LogP contribution < -0.4 is 5.32 Å². The van der Waals surface area contributed by atoms with E-state index in [-0.39, 0.29) is 17.7 Å². The fourth-order valence-electron chi connectivity index (χ4n) is 4.82. The summed E-state index contributed by atoms with van der Waals surface area (Å²) in [5, 5.41) is 4.38. The zero-order valence-corrected chi connectivity index (χ0v) is 17.9. The fourth-order valence-corrected chi connectivity index (χ4v) is 5.18. The predicted octanol–water partition coefficient (Wildman–Crippen LogP) is 6.35. The summed E-state index contributed by atoms with van der Waals surface area (Å²) < 4.78 is 0. The monoisotopic (exact) mass is 403 g/mol. The van der Waals surface area contributed by atoms with Crippen LogP contribution in [0.25, 0.3) is 0 Å². The summed E-state index contributed by atoms with van der Waals surface area (Å²) in [6.07, 6.45) is 1.83. The highest BCUT2D eigenvalue weighted by Crippen LogP contribution is 2.55. The number of halogens is 2. The van der Waals surface area contributed by atoms with Crippen LogP contribution in [0.5, 0.6) is 0 Å². The van der Waals surface area contributed by atoms with Gasteiger partial charge >= 0.3 is 0 Å². The number of aryl methyl sites for hydroxylation is 1. The molecule has 1 aliphatic carbocycles. The lowest BCUT2D eigenvalue weighted by Crippen LogP contribution is -2.47. The van der Waals surface area contributed by atoms with Gasteiger partial charge in [-0.1, -0.05) is 55.2 Å². The number of benzene rings is 2. The molecule has 1 fully saturated rings. The lowest BCUT2D eigenvalue weighted by molar-refractivity contribution is -0.135. The molecular weight excluding hydrogens is 377 g/mol. The van der Waals surface area contributed by atoms with E-state index in [9.17, 15) is 4.79 Å². The van der Waals surface area contributed by atoms with E-state index in [1.165, 1.54) is 16.7 Å². The lowest BCUT2D eigenvalue weighted by Gasteiger charge is -2.48. The second kappa shape index (κ2) is 7.85. The van der Waals surface area contributed by atoms with Gasteiger partial charge in [0.15, 0.2) is 0 Å². The first kappa shape index (κ1) is 20.2. The maximum atomic E-state index is 12.7. The molecule has 0 radical (unpaired) electrons. The van der Waals surface area contributed by atoms with Crippen molar-refractivity contribution in [2.45, 2.75) is 45.4 Å². The molecule has 2 nitrogen and oxygen atoms in total. The number of rotatable bonds is 3. The summed E-state index contributed by atoms with van der Waals surface area (Å²) >= 11 is 12.3. The van der Waals surface area contributed by atoms with E-state index in [2.05, 4.69) is 44.3 Å². The SMILES string of the molecule is CNC(=O)[C@]1(C)CC[C@@H](c2ccc(Cl)cc2C)[C@H](c2ccc(Cl)cc2)[C@@H]1C. The Hall–Kier alpha value is -1.51. The Morgan fingerprint density at radius 1 is 1.11 bits per heavy atom. The van der Waals surface area contributed by atoms with Crippen molar-refractivity contribution >= 4 is 29.1 Å². The van der Waals surface area contributed by atoms with Crippen molar-refractivity contribution in [3.05, 3.63) is 69.2 Å². The minimum absolute atomic E-state index is 0.125. The quantitative estimate of drug-likeness (QED) is 0.634. The average molecular weight is 404 g/mol. The Bertz CT molecular complexity index is 833. The zero-order chi connectivity index (χ0) is 19.8. The average Bonchev–Trinajstić information content (AvgIpc) is 2.64. The minimum Gasteiger partial charge on any atom is -0.359 e. The van der Waals surface area contributed by atoms with Gasteiger partial charge in [-0.2, -0.15) is 0 Å². The lowest BCUT2D eigenvalue weighted by atomic mass is 9.56. The highest BCUT2D eigenvalue weighted by Gasteiger charge is 2.49. The van der Waals surface area contributed by atoms with Crippen LogP contribution in [0.4, 0.5) is 0 Å². The van der Waals surface area contributed by atoms with Crippen molar-refractivity contribution in [1.82, 2.24) is 5.32 Å². The van der Waals surface area contributed by atoms with Gasteiger partial charge in [0.25, 0.3) is 0 Å². The summed E-state index contributed by atoms with van der Waals surface area (Å²) in [4.78, 5) is 12.7. The van der Waals surface area contributed by atoms with Gasteiger partial charge < -0.3 is 5.32 Å². The van der Waals surface area contributed by atoms with Crippen molar-refractivity contribution in [3.8, 4) is 0 Å². The molecule has 144 valence electrons. The minimum atomic E-state index is -0.393. The molecule has 1 amide bonds. The van der Waals surface area contributed by atoms with Gasteiger partial charge in [-0.05, 0) is 78.5 Å². The van der Waals surface area contributed by atoms with Crippen LogP contribution in [0.2, 0.25) is 10.0 Å². The van der Waals surface area contributed by atoms with Gasteiger partial charge in [0.2, 0.25) is 5.91 Å². The van der Waals surface area contributed by atoms with E-state index in [0.717, 1.165) is 22.9 Å². The van der Waals surface area contributed by atoms with Crippen LogP contribution in [0.1, 0.15) is 55.2 Å². The Balaban J connectivity index is 2.10. The number of nitrogens with one attached hydrogen (secondary N) is 1. The van der Waals surface area contributed by atoms with Gasteiger partial charge in [0, 0.05) is 22.5 Å². The van der Waals surface area contributed by atoms with Crippen LogP contribution in [-0.2, 0) is 4.79 Å². The zero-order valence-electron chi connectivity index (χ0n) is 16.4. The third-order valence-corrected chi connectivity index (χ3v) is 7.07. The standard InChI is InChI=1S/C23H27Cl2NO/c1-14-13-18(25)9-10-19(14)20-11-12-23(3,22(27)26-4)15(2)21(20)16-5-7-17(24)8-6-16/h5-10,13,15,20-21H,11-12H2,1-4H3,(H,26,27)/t15-,20-,21-,23+/m0/s1. The molecule has 1 aliphatic rings. The molecule has 0 aromatic heterocycles. The molecule has 0 aliphatic heterocycles. The largest absolute Gasteiger partial charge is 0.359 e. The first-order chi connectivity index (χ1) is 12.8. The molecule has 4 heteroatoms. The van der Waals surface area contributed by atoms with Gasteiger partial charge in [-0.3, -0.25) is 4.79 Å². The molecule has 0 saturated heterocycles. The molecule has 4 atom stereocenters. The maximum absolute atomic E-state index is 12.7. The van der Waals surface area contributed by atoms with Crippen LogP contribution in [0, 0.1) is 18.3 Å². The van der Waals surface area contributed by atoms with Crippen molar-refractivity contribution < 1.29 is 4.79 Å². The smallest absolute Gasteiger partial charge is 0.225 e. The molecule has 2 aromatic rings. The van der Waals surface area contributed by atoms with Gasteiger partial charge in [0.1, 0.15) is 0 Å². The number of carbonyl (C=O) groups excluding carboxylic acids is 1. The van der Waals surface area contributed by atoms with Gasteiger partial charge in [0.05, 0.1) is 0 Å². The van der Waals surface area contributed by atoms with Crippen molar-refractivity contribution in [1.29, 1.82) is 0 Å².